The smallest absolute Gasteiger partial charge is 0.154 e. The Hall–Kier alpha value is -1.73. The number of rotatable bonds is 5. The summed E-state index contributed by atoms with van der Waals surface area (Å²) in [6.07, 6.45) is 0. The number of hydrogen-bond donors (Lipinski definition) is 2. The van der Waals surface area contributed by atoms with E-state index in [0.717, 1.165) is 11.0 Å². The quantitative estimate of drug-likeness (QED) is 0.528. The number of benzene rings is 2. The molecule has 0 unspecified atom stereocenters. The summed E-state index contributed by atoms with van der Waals surface area (Å²) in [7, 11) is 6.16. The van der Waals surface area contributed by atoms with Gasteiger partial charge in [0.1, 0.15) is 6.54 Å². The maximum Gasteiger partial charge on any atom is 0.154 e. The molecule has 2 aromatic carbocycles. The number of quaternary nitrogens is 1. The molecule has 138 valence electrons. The molecule has 0 bridgehead atoms. The number of aliphatic carboxylic acids is 1. The minimum absolute atomic E-state index is 0. The van der Waals surface area contributed by atoms with Crippen LogP contribution in [0.2, 0.25) is 0 Å². The maximum absolute atomic E-state index is 11.3. The Balaban J connectivity index is 0.000000620. The van der Waals surface area contributed by atoms with Crippen molar-refractivity contribution >= 4 is 5.97 Å². The van der Waals surface area contributed by atoms with Gasteiger partial charge in [0.15, 0.2) is 5.60 Å². The minimum Gasteiger partial charge on any atom is -1.00 e. The van der Waals surface area contributed by atoms with Crippen LogP contribution in [-0.4, -0.2) is 55.0 Å². The predicted octanol–water partition coefficient (Wildman–Crippen LogP) is -2.64. The van der Waals surface area contributed by atoms with Gasteiger partial charge in [-0.05, 0) is 11.1 Å². The maximum atomic E-state index is 11.3. The van der Waals surface area contributed by atoms with E-state index < -0.39 is 11.6 Å². The van der Waals surface area contributed by atoms with Crippen LogP contribution in [-0.2, 0) is 10.4 Å². The molecule has 2 rings (SSSR count). The van der Waals surface area contributed by atoms with Gasteiger partial charge in [-0.2, -0.15) is 0 Å². The molecule has 0 aromatic heterocycles. The summed E-state index contributed by atoms with van der Waals surface area (Å²) in [6.45, 7) is 1.11. The SMILES string of the molecule is C[N+](C)(C)CCO.O=C([O-])C(O)(c1ccccc1)c1ccccc1.[Br-]. The molecule has 2 N–H and O–H groups in total. The van der Waals surface area contributed by atoms with E-state index in [1.165, 1.54) is 0 Å². The summed E-state index contributed by atoms with van der Waals surface area (Å²) in [6, 6.07) is 16.4. The first-order valence-corrected chi connectivity index (χ1v) is 7.68. The first-order chi connectivity index (χ1) is 11.2. The minimum atomic E-state index is -2.11. The van der Waals surface area contributed by atoms with Gasteiger partial charge in [-0.15, -0.1) is 0 Å². The van der Waals surface area contributed by atoms with Gasteiger partial charge in [0.05, 0.1) is 33.7 Å². The monoisotopic (exact) mass is 410 g/mol. The Morgan fingerprint density at radius 1 is 0.960 bits per heavy atom. The molecule has 0 saturated heterocycles. The van der Waals surface area contributed by atoms with Crippen molar-refractivity contribution in [3.8, 4) is 0 Å². The molecule has 0 aliphatic carbocycles. The molecule has 0 aliphatic rings. The lowest BCUT2D eigenvalue weighted by molar-refractivity contribution is -0.870. The highest BCUT2D eigenvalue weighted by atomic mass is 79.9. The highest BCUT2D eigenvalue weighted by Crippen LogP contribution is 2.28. The molecular weight excluding hydrogens is 386 g/mol. The number of aliphatic hydroxyl groups is 2. The third-order valence-corrected chi connectivity index (χ3v) is 3.45. The van der Waals surface area contributed by atoms with Crippen LogP contribution in [0.4, 0.5) is 0 Å². The van der Waals surface area contributed by atoms with E-state index in [-0.39, 0.29) is 34.7 Å². The zero-order chi connectivity index (χ0) is 18.2. The number of carboxylic acids is 1. The molecule has 25 heavy (non-hydrogen) atoms. The van der Waals surface area contributed by atoms with Crippen LogP contribution >= 0.6 is 0 Å². The van der Waals surface area contributed by atoms with Crippen molar-refractivity contribution in [1.29, 1.82) is 0 Å². The molecule has 0 amide bonds. The number of halogens is 1. The largest absolute Gasteiger partial charge is 1.00 e. The summed E-state index contributed by atoms with van der Waals surface area (Å²) in [5, 5.41) is 30.0. The van der Waals surface area contributed by atoms with Crippen molar-refractivity contribution in [2.45, 2.75) is 5.60 Å². The first kappa shape index (κ1) is 23.3. The van der Waals surface area contributed by atoms with E-state index in [1.54, 1.807) is 60.7 Å². The second kappa shape index (κ2) is 10.3. The first-order valence-electron chi connectivity index (χ1n) is 7.68. The van der Waals surface area contributed by atoms with Crippen LogP contribution < -0.4 is 22.1 Å². The Bertz CT molecular complexity index is 587. The van der Waals surface area contributed by atoms with Gasteiger partial charge in [-0.25, -0.2) is 0 Å². The lowest BCUT2D eigenvalue weighted by Crippen LogP contribution is -3.00. The van der Waals surface area contributed by atoms with Crippen molar-refractivity contribution in [3.63, 3.8) is 0 Å². The number of nitrogens with zero attached hydrogens (tertiary/aromatic N) is 1. The van der Waals surface area contributed by atoms with E-state index in [9.17, 15) is 15.0 Å². The summed E-state index contributed by atoms with van der Waals surface area (Å²) < 4.78 is 0.844. The zero-order valence-corrected chi connectivity index (χ0v) is 16.3. The van der Waals surface area contributed by atoms with Crippen molar-refractivity contribution in [2.75, 3.05) is 34.3 Å². The molecule has 2 aromatic rings. The van der Waals surface area contributed by atoms with Crippen molar-refractivity contribution in [2.24, 2.45) is 0 Å². The summed E-state index contributed by atoms with van der Waals surface area (Å²) in [4.78, 5) is 11.3. The van der Waals surface area contributed by atoms with Gasteiger partial charge in [-0.3, -0.25) is 0 Å². The van der Waals surface area contributed by atoms with Crippen LogP contribution in [0.5, 0.6) is 0 Å². The fourth-order valence-electron chi connectivity index (χ4n) is 2.06. The highest BCUT2D eigenvalue weighted by Gasteiger charge is 2.32. The van der Waals surface area contributed by atoms with Crippen molar-refractivity contribution in [3.05, 3.63) is 71.8 Å². The van der Waals surface area contributed by atoms with Gasteiger partial charge < -0.3 is 41.6 Å². The predicted molar refractivity (Wildman–Crippen MR) is 90.9 cm³/mol. The number of hydrogen-bond acceptors (Lipinski definition) is 4. The van der Waals surface area contributed by atoms with Crippen LogP contribution in [0.1, 0.15) is 11.1 Å². The van der Waals surface area contributed by atoms with Crippen molar-refractivity contribution in [1.82, 2.24) is 0 Å². The van der Waals surface area contributed by atoms with Crippen molar-refractivity contribution < 1.29 is 41.6 Å². The lowest BCUT2D eigenvalue weighted by Gasteiger charge is -2.30. The van der Waals surface area contributed by atoms with Crippen LogP contribution in [0, 0.1) is 0 Å². The second-order valence-electron chi connectivity index (χ2n) is 6.47. The molecule has 6 heteroatoms. The van der Waals surface area contributed by atoms with Crippen LogP contribution in [0.15, 0.2) is 60.7 Å². The van der Waals surface area contributed by atoms with E-state index in [0.29, 0.717) is 0 Å². The third-order valence-electron chi connectivity index (χ3n) is 3.45. The second-order valence-corrected chi connectivity index (χ2v) is 6.47. The summed E-state index contributed by atoms with van der Waals surface area (Å²) in [5.41, 5.74) is -1.54. The fourth-order valence-corrected chi connectivity index (χ4v) is 2.06. The van der Waals surface area contributed by atoms with Crippen LogP contribution in [0.25, 0.3) is 0 Å². The average molecular weight is 411 g/mol. The van der Waals surface area contributed by atoms with E-state index in [4.69, 9.17) is 5.11 Å². The van der Waals surface area contributed by atoms with E-state index >= 15 is 0 Å². The zero-order valence-electron chi connectivity index (χ0n) is 14.7. The molecule has 0 atom stereocenters. The normalized spacial score (nSPS) is 10.9. The van der Waals surface area contributed by atoms with Gasteiger partial charge in [0.2, 0.25) is 0 Å². The molecule has 5 nitrogen and oxygen atoms in total. The van der Waals surface area contributed by atoms with Gasteiger partial charge in [0.25, 0.3) is 0 Å². The molecule has 0 fully saturated rings. The highest BCUT2D eigenvalue weighted by molar-refractivity contribution is 5.81. The Kier molecular flexibility index (Phi) is 9.59. The van der Waals surface area contributed by atoms with E-state index in [2.05, 4.69) is 21.1 Å². The topological polar surface area (TPSA) is 80.6 Å². The lowest BCUT2D eigenvalue weighted by atomic mass is 9.86. The van der Waals surface area contributed by atoms with Crippen LogP contribution in [0.3, 0.4) is 0 Å². The third kappa shape index (κ3) is 6.96. The number of aliphatic hydroxyl groups excluding tert-OH is 1. The van der Waals surface area contributed by atoms with E-state index in [1.807, 2.05) is 0 Å². The molecule has 0 heterocycles. The number of carboxylic acid groups (broad SMARTS) is 1. The summed E-state index contributed by atoms with van der Waals surface area (Å²) >= 11 is 0. The number of carbonyl (C=O) groups excluding carboxylic acids is 1. The Morgan fingerprint density at radius 3 is 1.52 bits per heavy atom. The number of carbonyl (C=O) groups is 1. The molecule has 0 spiro atoms. The fraction of sp³-hybridized carbons (Fsp3) is 0.316. The Morgan fingerprint density at radius 2 is 1.32 bits per heavy atom. The van der Waals surface area contributed by atoms with Gasteiger partial charge in [0, 0.05) is 0 Å². The molecule has 0 radical (unpaired) electrons. The Labute approximate surface area is 159 Å². The van der Waals surface area contributed by atoms with Gasteiger partial charge >= 0.3 is 0 Å². The molecule has 0 saturated carbocycles. The van der Waals surface area contributed by atoms with Gasteiger partial charge in [-0.1, -0.05) is 60.7 Å². The molecular formula is C19H25BrNO4-. The molecule has 0 aliphatic heterocycles. The average Bonchev–Trinajstić information content (AvgIpc) is 2.55. The number of likely N-dealkylation sites (N-methyl/N-ethyl adjacent to an activating group) is 1. The summed E-state index contributed by atoms with van der Waals surface area (Å²) in [5.74, 6) is -1.53. The standard InChI is InChI=1S/C14H12O3.C5H14NO.BrH/c15-13(16)14(17,11-7-3-1-4-8-11)12-9-5-2-6-10-12;1-6(2,3)4-5-7;/h1-10,17H,(H,15,16);7H,4-5H2,1-3H3;1H/q;+1;/p-2.